The molecule has 1 amide bonds. The zero-order chi connectivity index (χ0) is 21.2. The number of carbonyl (C=O) groups excluding carboxylic acids is 1. The van der Waals surface area contributed by atoms with Crippen molar-refractivity contribution in [1.82, 2.24) is 25.5 Å². The molecule has 30 heavy (non-hydrogen) atoms. The number of benzene rings is 1. The number of rotatable bonds is 7. The molecule has 1 aliphatic heterocycles. The minimum absolute atomic E-state index is 0.158. The second-order valence-electron chi connectivity index (χ2n) is 7.22. The molecule has 0 unspecified atom stereocenters. The molecule has 160 valence electrons. The number of nitrogens with one attached hydrogen (secondary N) is 2. The molecule has 3 rings (SSSR count). The number of anilines is 1. The normalized spacial score (nSPS) is 14.5. The van der Waals surface area contributed by atoms with Gasteiger partial charge in [-0.2, -0.15) is 0 Å². The number of hydrogen-bond donors (Lipinski definition) is 2. The first-order chi connectivity index (χ1) is 14.7. The van der Waals surface area contributed by atoms with Crippen molar-refractivity contribution in [1.29, 1.82) is 0 Å². The van der Waals surface area contributed by atoms with Crippen molar-refractivity contribution in [2.75, 3.05) is 44.2 Å². The zero-order valence-corrected chi connectivity index (χ0v) is 17.8. The van der Waals surface area contributed by atoms with Gasteiger partial charge in [-0.3, -0.25) is 4.79 Å². The zero-order valence-electron chi connectivity index (χ0n) is 17.8. The molecule has 1 aromatic heterocycles. The van der Waals surface area contributed by atoms with E-state index < -0.39 is 0 Å². The van der Waals surface area contributed by atoms with Crippen molar-refractivity contribution in [3.05, 3.63) is 53.9 Å². The average Bonchev–Trinajstić information content (AvgIpc) is 2.79. The summed E-state index contributed by atoms with van der Waals surface area (Å²) in [6.07, 6.45) is 3.93. The highest BCUT2D eigenvalue weighted by Gasteiger charge is 2.22. The Bertz CT molecular complexity index is 832. The summed E-state index contributed by atoms with van der Waals surface area (Å²) in [5, 5.41) is 6.52. The van der Waals surface area contributed by atoms with Crippen LogP contribution in [0.1, 0.15) is 24.5 Å². The van der Waals surface area contributed by atoms with Gasteiger partial charge in [-0.25, -0.2) is 15.0 Å². The van der Waals surface area contributed by atoms with Gasteiger partial charge < -0.3 is 20.4 Å². The highest BCUT2D eigenvalue weighted by molar-refractivity contribution is 5.81. The third kappa shape index (κ3) is 6.17. The minimum atomic E-state index is 0.158. The molecule has 0 radical (unpaired) electrons. The Hall–Kier alpha value is -3.16. The number of aromatic nitrogens is 2. The molecule has 1 aromatic carbocycles. The summed E-state index contributed by atoms with van der Waals surface area (Å²) in [5.41, 5.74) is 2.43. The van der Waals surface area contributed by atoms with E-state index in [-0.39, 0.29) is 5.91 Å². The first-order valence-corrected chi connectivity index (χ1v) is 10.5. The number of aliphatic imine (C=N–C) groups is 1. The second-order valence-corrected chi connectivity index (χ2v) is 7.22. The van der Waals surface area contributed by atoms with Crippen LogP contribution in [0.25, 0.3) is 0 Å². The molecule has 0 atom stereocenters. The number of guanidine groups is 1. The van der Waals surface area contributed by atoms with Crippen LogP contribution in [0.4, 0.5) is 5.95 Å². The Balaban J connectivity index is 1.43. The molecule has 2 aromatic rings. The van der Waals surface area contributed by atoms with E-state index in [1.807, 2.05) is 30.0 Å². The fourth-order valence-corrected chi connectivity index (χ4v) is 3.35. The van der Waals surface area contributed by atoms with Gasteiger partial charge in [0.1, 0.15) is 0 Å². The van der Waals surface area contributed by atoms with E-state index in [2.05, 4.69) is 49.6 Å². The van der Waals surface area contributed by atoms with Crippen LogP contribution in [-0.2, 0) is 11.3 Å². The van der Waals surface area contributed by atoms with Gasteiger partial charge in [-0.1, -0.05) is 24.3 Å². The lowest BCUT2D eigenvalue weighted by atomic mass is 10.1. The molecular formula is C22H31N7O. The van der Waals surface area contributed by atoms with Gasteiger partial charge in [0, 0.05) is 58.1 Å². The quantitative estimate of drug-likeness (QED) is 0.533. The number of aryl methyl sites for hydroxylation is 1. The molecular weight excluding hydrogens is 378 g/mol. The van der Waals surface area contributed by atoms with Crippen LogP contribution in [0, 0.1) is 6.92 Å². The minimum Gasteiger partial charge on any atom is -0.357 e. The Morgan fingerprint density at radius 1 is 1.07 bits per heavy atom. The Labute approximate surface area is 178 Å². The van der Waals surface area contributed by atoms with Crippen molar-refractivity contribution < 1.29 is 4.79 Å². The lowest BCUT2D eigenvalue weighted by molar-refractivity contribution is -0.131. The van der Waals surface area contributed by atoms with Crippen LogP contribution >= 0.6 is 0 Å². The van der Waals surface area contributed by atoms with Crippen molar-refractivity contribution in [3.8, 4) is 0 Å². The van der Waals surface area contributed by atoms with Crippen molar-refractivity contribution in [2.24, 2.45) is 4.99 Å². The Kier molecular flexibility index (Phi) is 8.00. The van der Waals surface area contributed by atoms with Gasteiger partial charge in [-0.15, -0.1) is 0 Å². The summed E-state index contributed by atoms with van der Waals surface area (Å²) in [5.74, 6) is 1.62. The fourth-order valence-electron chi connectivity index (χ4n) is 3.35. The average molecular weight is 410 g/mol. The molecule has 8 heteroatoms. The summed E-state index contributed by atoms with van der Waals surface area (Å²) in [7, 11) is 0. The van der Waals surface area contributed by atoms with E-state index >= 15 is 0 Å². The van der Waals surface area contributed by atoms with Gasteiger partial charge in [0.2, 0.25) is 11.9 Å². The predicted octanol–water partition coefficient (Wildman–Crippen LogP) is 1.58. The first kappa shape index (κ1) is 21.5. The van der Waals surface area contributed by atoms with Gasteiger partial charge >= 0.3 is 0 Å². The number of carbonyl (C=O) groups is 1. The van der Waals surface area contributed by atoms with Gasteiger partial charge in [0.25, 0.3) is 0 Å². The second kappa shape index (κ2) is 11.1. The van der Waals surface area contributed by atoms with Crippen LogP contribution in [0.3, 0.4) is 0 Å². The maximum atomic E-state index is 12.6. The highest BCUT2D eigenvalue weighted by Crippen LogP contribution is 2.10. The summed E-state index contributed by atoms with van der Waals surface area (Å²) in [6.45, 7) is 8.96. The van der Waals surface area contributed by atoms with Gasteiger partial charge in [-0.05, 0) is 31.0 Å². The van der Waals surface area contributed by atoms with E-state index in [0.29, 0.717) is 32.6 Å². The summed E-state index contributed by atoms with van der Waals surface area (Å²) < 4.78 is 0. The maximum absolute atomic E-state index is 12.6. The van der Waals surface area contributed by atoms with Crippen LogP contribution in [0.2, 0.25) is 0 Å². The van der Waals surface area contributed by atoms with E-state index in [4.69, 9.17) is 0 Å². The standard InChI is InChI=1S/C22H31N7O/c1-3-23-21(27-17-19-8-5-4-7-18(19)2)24-12-9-20(30)28-13-15-29(16-14-28)22-25-10-6-11-26-22/h4-8,10-11H,3,9,12-17H2,1-2H3,(H2,23,24,27). The molecule has 0 saturated carbocycles. The fraction of sp³-hybridized carbons (Fsp3) is 0.455. The van der Waals surface area contributed by atoms with Crippen LogP contribution < -0.4 is 15.5 Å². The molecule has 0 spiro atoms. The smallest absolute Gasteiger partial charge is 0.225 e. The van der Waals surface area contributed by atoms with Crippen LogP contribution in [0.5, 0.6) is 0 Å². The molecule has 0 aliphatic carbocycles. The summed E-state index contributed by atoms with van der Waals surface area (Å²) >= 11 is 0. The third-order valence-corrected chi connectivity index (χ3v) is 5.11. The first-order valence-electron chi connectivity index (χ1n) is 10.5. The van der Waals surface area contributed by atoms with Crippen LogP contribution in [-0.4, -0.2) is 66.0 Å². The van der Waals surface area contributed by atoms with Crippen LogP contribution in [0.15, 0.2) is 47.7 Å². The summed E-state index contributed by atoms with van der Waals surface area (Å²) in [4.78, 5) is 29.8. The Morgan fingerprint density at radius 3 is 2.50 bits per heavy atom. The number of piperazine rings is 1. The van der Waals surface area contributed by atoms with E-state index in [1.165, 1.54) is 11.1 Å². The van der Waals surface area contributed by atoms with E-state index in [1.54, 1.807) is 12.4 Å². The van der Waals surface area contributed by atoms with E-state index in [9.17, 15) is 4.79 Å². The molecule has 1 saturated heterocycles. The van der Waals surface area contributed by atoms with Crippen molar-refractivity contribution in [3.63, 3.8) is 0 Å². The van der Waals surface area contributed by atoms with Gasteiger partial charge in [0.15, 0.2) is 5.96 Å². The van der Waals surface area contributed by atoms with Gasteiger partial charge in [0.05, 0.1) is 6.54 Å². The third-order valence-electron chi connectivity index (χ3n) is 5.11. The molecule has 8 nitrogen and oxygen atoms in total. The topological polar surface area (TPSA) is 85.8 Å². The highest BCUT2D eigenvalue weighted by atomic mass is 16.2. The number of nitrogens with zero attached hydrogens (tertiary/aromatic N) is 5. The SMILES string of the molecule is CCNC(=NCc1ccccc1C)NCCC(=O)N1CCN(c2ncccn2)CC1. The molecule has 2 heterocycles. The molecule has 2 N–H and O–H groups in total. The lowest BCUT2D eigenvalue weighted by Gasteiger charge is -2.34. The lowest BCUT2D eigenvalue weighted by Crippen LogP contribution is -2.50. The predicted molar refractivity (Wildman–Crippen MR) is 119 cm³/mol. The monoisotopic (exact) mass is 409 g/mol. The Morgan fingerprint density at radius 2 is 1.80 bits per heavy atom. The summed E-state index contributed by atoms with van der Waals surface area (Å²) in [6, 6.07) is 10.0. The number of amides is 1. The number of hydrogen-bond acceptors (Lipinski definition) is 5. The van der Waals surface area contributed by atoms with Crippen molar-refractivity contribution >= 4 is 17.8 Å². The van der Waals surface area contributed by atoms with Crippen molar-refractivity contribution in [2.45, 2.75) is 26.8 Å². The molecule has 0 bridgehead atoms. The largest absolute Gasteiger partial charge is 0.357 e. The van der Waals surface area contributed by atoms with E-state index in [0.717, 1.165) is 31.5 Å². The maximum Gasteiger partial charge on any atom is 0.225 e. The molecule has 1 fully saturated rings. The molecule has 1 aliphatic rings.